The highest BCUT2D eigenvalue weighted by atomic mass is 32.2. The number of amides is 3. The minimum Gasteiger partial charge on any atom is -0.497 e. The smallest absolute Gasteiger partial charge is 0.408 e. The van der Waals surface area contributed by atoms with Crippen LogP contribution in [0.4, 0.5) is 10.5 Å². The zero-order chi connectivity index (χ0) is 25.6. The molecule has 10 heteroatoms. The molecular weight excluding hydrogens is 474 g/mol. The largest absolute Gasteiger partial charge is 0.497 e. The van der Waals surface area contributed by atoms with Gasteiger partial charge in [0.2, 0.25) is 11.8 Å². The summed E-state index contributed by atoms with van der Waals surface area (Å²) in [7, 11) is 1.55. The topological polar surface area (TPSA) is 106 Å². The van der Waals surface area contributed by atoms with E-state index in [1.165, 1.54) is 23.5 Å². The van der Waals surface area contributed by atoms with Crippen molar-refractivity contribution in [2.75, 3.05) is 35.4 Å². The van der Waals surface area contributed by atoms with E-state index in [2.05, 4.69) is 27.8 Å². The summed E-state index contributed by atoms with van der Waals surface area (Å²) in [5.74, 6) is 5.84. The lowest BCUT2D eigenvalue weighted by atomic mass is 10.2. The number of hydrogen-bond acceptors (Lipinski definition) is 7. The number of benzene rings is 1. The quantitative estimate of drug-likeness (QED) is 0.296. The lowest BCUT2D eigenvalue weighted by Gasteiger charge is -2.25. The van der Waals surface area contributed by atoms with Gasteiger partial charge in [0.05, 0.1) is 18.6 Å². The van der Waals surface area contributed by atoms with Crippen molar-refractivity contribution in [1.29, 1.82) is 0 Å². The average Bonchev–Trinajstić information content (AvgIpc) is 2.77. The van der Waals surface area contributed by atoms with Crippen molar-refractivity contribution < 1.29 is 23.9 Å². The molecule has 0 spiro atoms. The molecule has 3 N–H and O–H groups in total. The van der Waals surface area contributed by atoms with Crippen molar-refractivity contribution in [2.45, 2.75) is 38.5 Å². The highest BCUT2D eigenvalue weighted by Gasteiger charge is 2.28. The molecule has 0 saturated carbocycles. The summed E-state index contributed by atoms with van der Waals surface area (Å²) in [6.07, 6.45) is 9.87. The van der Waals surface area contributed by atoms with E-state index in [9.17, 15) is 14.4 Å². The van der Waals surface area contributed by atoms with Crippen molar-refractivity contribution in [2.24, 2.45) is 0 Å². The summed E-state index contributed by atoms with van der Waals surface area (Å²) < 4.78 is 10.4. The monoisotopic (exact) mass is 505 g/mol. The molecule has 0 radical (unpaired) electrons. The Morgan fingerprint density at radius 2 is 1.47 bits per heavy atom. The number of carbonyl (C=O) groups is 3. The number of thioether (sulfide) groups is 2. The number of methoxy groups -OCH3 is 1. The van der Waals surface area contributed by atoms with E-state index in [-0.39, 0.29) is 11.5 Å². The van der Waals surface area contributed by atoms with E-state index in [0.29, 0.717) is 22.9 Å². The van der Waals surface area contributed by atoms with Crippen LogP contribution in [-0.2, 0) is 14.3 Å². The lowest BCUT2D eigenvalue weighted by Crippen LogP contribution is -2.55. The highest BCUT2D eigenvalue weighted by molar-refractivity contribution is 7.99. The van der Waals surface area contributed by atoms with Gasteiger partial charge in [-0.1, -0.05) is 11.8 Å². The Hall–Kier alpha value is -2.95. The summed E-state index contributed by atoms with van der Waals surface area (Å²) >= 11 is 2.63. The van der Waals surface area contributed by atoms with Crippen LogP contribution in [0.2, 0.25) is 0 Å². The van der Waals surface area contributed by atoms with Crippen LogP contribution in [0.1, 0.15) is 20.8 Å². The summed E-state index contributed by atoms with van der Waals surface area (Å²) in [6.45, 7) is 5.16. The number of terminal acetylenes is 2. The Bertz CT molecular complexity index is 901. The second-order valence-corrected chi connectivity index (χ2v) is 9.98. The Morgan fingerprint density at radius 1 is 0.941 bits per heavy atom. The first-order valence-electron chi connectivity index (χ1n) is 10.4. The van der Waals surface area contributed by atoms with E-state index in [1.807, 2.05) is 0 Å². The fourth-order valence-corrected chi connectivity index (χ4v) is 3.88. The summed E-state index contributed by atoms with van der Waals surface area (Å²) in [4.78, 5) is 38.2. The van der Waals surface area contributed by atoms with Gasteiger partial charge in [-0.05, 0) is 45.0 Å². The zero-order valence-corrected chi connectivity index (χ0v) is 21.4. The average molecular weight is 506 g/mol. The van der Waals surface area contributed by atoms with Gasteiger partial charge in [-0.2, -0.15) is 0 Å². The van der Waals surface area contributed by atoms with Gasteiger partial charge in [0.15, 0.2) is 0 Å². The molecule has 0 bridgehead atoms. The van der Waals surface area contributed by atoms with E-state index in [1.54, 1.807) is 52.1 Å². The van der Waals surface area contributed by atoms with Crippen molar-refractivity contribution >= 4 is 47.1 Å². The molecule has 0 aliphatic carbocycles. The van der Waals surface area contributed by atoms with Gasteiger partial charge in [-0.3, -0.25) is 9.59 Å². The van der Waals surface area contributed by atoms with Crippen molar-refractivity contribution in [3.05, 3.63) is 24.3 Å². The maximum absolute atomic E-state index is 13.0. The highest BCUT2D eigenvalue weighted by Crippen LogP contribution is 2.16. The maximum Gasteiger partial charge on any atom is 0.408 e. The van der Waals surface area contributed by atoms with Gasteiger partial charge in [-0.25, -0.2) is 4.79 Å². The molecule has 8 nitrogen and oxygen atoms in total. The minimum absolute atomic E-state index is 0.208. The van der Waals surface area contributed by atoms with Gasteiger partial charge in [0.1, 0.15) is 23.4 Å². The molecule has 0 aromatic heterocycles. The molecule has 0 aliphatic heterocycles. The lowest BCUT2D eigenvalue weighted by molar-refractivity contribution is -0.127. The molecule has 0 unspecified atom stereocenters. The van der Waals surface area contributed by atoms with Gasteiger partial charge >= 0.3 is 6.09 Å². The van der Waals surface area contributed by atoms with Crippen molar-refractivity contribution in [1.82, 2.24) is 10.6 Å². The van der Waals surface area contributed by atoms with E-state index in [0.717, 1.165) is 0 Å². The molecule has 0 fully saturated rings. The molecular formula is C24H31N3O5S2. The molecule has 2 atom stereocenters. The Kier molecular flexibility index (Phi) is 12.9. The molecule has 0 saturated heterocycles. The number of carbonyl (C=O) groups excluding carboxylic acids is 3. The molecule has 1 aromatic rings. The number of hydrogen-bond donors (Lipinski definition) is 3. The summed E-state index contributed by atoms with van der Waals surface area (Å²) in [5.41, 5.74) is -0.191. The third kappa shape index (κ3) is 11.8. The Labute approximate surface area is 210 Å². The molecule has 3 amide bonds. The first-order chi connectivity index (χ1) is 16.1. The Morgan fingerprint density at radius 3 is 1.94 bits per heavy atom. The third-order valence-corrected chi connectivity index (χ3v) is 5.82. The van der Waals surface area contributed by atoms with E-state index >= 15 is 0 Å². The molecule has 34 heavy (non-hydrogen) atoms. The summed E-state index contributed by atoms with van der Waals surface area (Å²) in [5, 5.41) is 8.04. The van der Waals surface area contributed by atoms with Crippen molar-refractivity contribution in [3.8, 4) is 30.4 Å². The van der Waals surface area contributed by atoms with Crippen LogP contribution in [0.15, 0.2) is 24.3 Å². The first kappa shape index (κ1) is 29.1. The maximum atomic E-state index is 13.0. The predicted molar refractivity (Wildman–Crippen MR) is 139 cm³/mol. The van der Waals surface area contributed by atoms with Crippen LogP contribution >= 0.6 is 23.5 Å². The van der Waals surface area contributed by atoms with E-state index in [4.69, 9.17) is 22.3 Å². The molecule has 1 aromatic carbocycles. The SMILES string of the molecule is C#CCSC[C@H](NC(=O)OC(C)(C)C)C(=O)N[C@@H](CSCC#C)C(=O)Nc1ccc(OC)cc1. The molecule has 1 rings (SSSR count). The van der Waals surface area contributed by atoms with Gasteiger partial charge in [-0.15, -0.1) is 36.4 Å². The number of ether oxygens (including phenoxy) is 2. The van der Waals surface area contributed by atoms with Crippen LogP contribution in [0.25, 0.3) is 0 Å². The summed E-state index contributed by atoms with van der Waals surface area (Å²) in [6, 6.07) is 4.94. The van der Waals surface area contributed by atoms with Crippen LogP contribution in [-0.4, -0.2) is 65.7 Å². The minimum atomic E-state index is -0.956. The van der Waals surface area contributed by atoms with Gasteiger partial charge in [0.25, 0.3) is 0 Å². The Balaban J connectivity index is 2.94. The standard InChI is InChI=1S/C24H31N3O5S2/c1-7-13-33-15-19(21(28)25-17-9-11-18(31-6)12-10-17)26-22(29)20(16-34-14-8-2)27-23(30)32-24(3,4)5/h1-2,9-12,19-20H,13-16H2,3-6H3,(H,25,28)(H,26,29)(H,27,30)/t19-,20-/m0/s1. The molecule has 0 aliphatic rings. The number of alkyl carbamates (subject to hydrolysis) is 1. The molecule has 0 heterocycles. The zero-order valence-electron chi connectivity index (χ0n) is 19.8. The number of nitrogens with one attached hydrogen (secondary N) is 3. The fraction of sp³-hybridized carbons (Fsp3) is 0.458. The van der Waals surface area contributed by atoms with Gasteiger partial charge < -0.3 is 25.4 Å². The van der Waals surface area contributed by atoms with Crippen LogP contribution in [0, 0.1) is 24.7 Å². The predicted octanol–water partition coefficient (Wildman–Crippen LogP) is 2.74. The number of anilines is 1. The second kappa shape index (κ2) is 15.0. The van der Waals surface area contributed by atoms with Crippen LogP contribution in [0.5, 0.6) is 5.75 Å². The first-order valence-corrected chi connectivity index (χ1v) is 12.7. The molecule has 184 valence electrons. The van der Waals surface area contributed by atoms with Crippen LogP contribution < -0.4 is 20.7 Å². The second-order valence-electron chi connectivity index (χ2n) is 7.92. The van der Waals surface area contributed by atoms with Crippen molar-refractivity contribution in [3.63, 3.8) is 0 Å². The third-order valence-electron chi connectivity index (χ3n) is 3.94. The van der Waals surface area contributed by atoms with Gasteiger partial charge in [0, 0.05) is 17.2 Å². The fourth-order valence-electron chi connectivity index (χ4n) is 2.46. The number of rotatable bonds is 12. The normalized spacial score (nSPS) is 12.3. The van der Waals surface area contributed by atoms with Crippen LogP contribution in [0.3, 0.4) is 0 Å². The van der Waals surface area contributed by atoms with E-state index < -0.39 is 35.6 Å².